The number of esters is 1. The molecule has 6 aromatic carbocycles. The first kappa shape index (κ1) is 36.9. The van der Waals surface area contributed by atoms with Crippen molar-refractivity contribution in [3.8, 4) is 23.0 Å². The predicted molar refractivity (Wildman–Crippen MR) is 202 cm³/mol. The van der Waals surface area contributed by atoms with E-state index in [0.29, 0.717) is 55.0 Å². The maximum Gasteiger partial charge on any atom is 0.310 e. The van der Waals surface area contributed by atoms with Crippen LogP contribution in [0.4, 0.5) is 0 Å². The Bertz CT molecular complexity index is 1980. The third-order valence-electron chi connectivity index (χ3n) is 7.90. The number of ether oxygens (including phenoxy) is 5. The molecule has 0 heterocycles. The Balaban J connectivity index is 0.000000202. The molecular formula is C45H42O7. The van der Waals surface area contributed by atoms with E-state index in [1.807, 2.05) is 140 Å². The number of carbonyl (C=O) groups excluding carboxylic acids is 2. The molecule has 6 rings (SSSR count). The second-order valence-electron chi connectivity index (χ2n) is 11.8. The van der Waals surface area contributed by atoms with Gasteiger partial charge in [-0.25, -0.2) is 0 Å². The molecule has 0 aromatic heterocycles. The second-order valence-corrected chi connectivity index (χ2v) is 11.8. The van der Waals surface area contributed by atoms with Crippen LogP contribution in [0.5, 0.6) is 23.0 Å². The van der Waals surface area contributed by atoms with Gasteiger partial charge >= 0.3 is 5.97 Å². The average Bonchev–Trinajstić information content (AvgIpc) is 3.20. The monoisotopic (exact) mass is 694 g/mol. The first-order chi connectivity index (χ1) is 25.5. The van der Waals surface area contributed by atoms with Gasteiger partial charge in [0.25, 0.3) is 0 Å². The van der Waals surface area contributed by atoms with E-state index in [2.05, 4.69) is 0 Å². The van der Waals surface area contributed by atoms with Crippen LogP contribution in [0.3, 0.4) is 0 Å². The molecule has 0 atom stereocenters. The lowest BCUT2D eigenvalue weighted by Gasteiger charge is -2.14. The highest BCUT2D eigenvalue weighted by molar-refractivity contribution is 5.97. The van der Waals surface area contributed by atoms with E-state index in [4.69, 9.17) is 23.7 Å². The van der Waals surface area contributed by atoms with E-state index in [-0.39, 0.29) is 18.2 Å². The van der Waals surface area contributed by atoms with E-state index >= 15 is 0 Å². The molecule has 0 aliphatic heterocycles. The molecule has 0 N–H and O–H groups in total. The van der Waals surface area contributed by atoms with Gasteiger partial charge in [-0.15, -0.1) is 0 Å². The van der Waals surface area contributed by atoms with Crippen molar-refractivity contribution in [2.75, 3.05) is 7.11 Å². The highest BCUT2D eigenvalue weighted by atomic mass is 16.5. The molecule has 7 heteroatoms. The summed E-state index contributed by atoms with van der Waals surface area (Å²) in [6.07, 6.45) is 0.152. The summed E-state index contributed by atoms with van der Waals surface area (Å²) in [6.45, 7) is 3.29. The van der Waals surface area contributed by atoms with E-state index in [1.165, 1.54) is 14.0 Å². The Morgan fingerprint density at radius 2 is 0.846 bits per heavy atom. The van der Waals surface area contributed by atoms with Gasteiger partial charge < -0.3 is 23.7 Å². The molecule has 0 saturated carbocycles. The molecule has 52 heavy (non-hydrogen) atoms. The molecule has 0 fully saturated rings. The normalized spacial score (nSPS) is 10.3. The third kappa shape index (κ3) is 11.9. The van der Waals surface area contributed by atoms with Crippen LogP contribution in [0.1, 0.15) is 45.1 Å². The first-order valence-corrected chi connectivity index (χ1v) is 17.0. The SMILES string of the molecule is CC(=O)c1ccc(OCc2ccccc2)cc1OCc1ccccc1.COC(=O)Cc1ccc(OCc2ccccc2)cc1OCc1ccccc1. The van der Waals surface area contributed by atoms with Crippen molar-refractivity contribution >= 4 is 11.8 Å². The minimum absolute atomic E-state index is 0.0299. The zero-order chi connectivity index (χ0) is 36.4. The quantitative estimate of drug-likeness (QED) is 0.0782. The maximum atomic E-state index is 11.8. The first-order valence-electron chi connectivity index (χ1n) is 17.0. The lowest BCUT2D eigenvalue weighted by molar-refractivity contribution is -0.139. The summed E-state index contributed by atoms with van der Waals surface area (Å²) in [5.74, 6) is 2.19. The van der Waals surface area contributed by atoms with Crippen molar-refractivity contribution in [2.24, 2.45) is 0 Å². The Labute approximate surface area is 305 Å². The summed E-state index contributed by atoms with van der Waals surface area (Å²) in [7, 11) is 1.38. The van der Waals surface area contributed by atoms with Crippen LogP contribution in [0.25, 0.3) is 0 Å². The van der Waals surface area contributed by atoms with Gasteiger partial charge in [0, 0.05) is 17.7 Å². The largest absolute Gasteiger partial charge is 0.489 e. The maximum absolute atomic E-state index is 11.8. The summed E-state index contributed by atoms with van der Waals surface area (Å²) >= 11 is 0. The number of rotatable bonds is 15. The summed E-state index contributed by atoms with van der Waals surface area (Å²) in [6, 6.07) is 50.5. The van der Waals surface area contributed by atoms with Gasteiger partial charge in [-0.2, -0.15) is 0 Å². The van der Waals surface area contributed by atoms with Crippen LogP contribution >= 0.6 is 0 Å². The van der Waals surface area contributed by atoms with E-state index in [1.54, 1.807) is 18.2 Å². The topological polar surface area (TPSA) is 80.3 Å². The fourth-order valence-corrected chi connectivity index (χ4v) is 5.09. The van der Waals surface area contributed by atoms with Crippen molar-refractivity contribution in [3.63, 3.8) is 0 Å². The van der Waals surface area contributed by atoms with Gasteiger partial charge in [0.15, 0.2) is 5.78 Å². The molecule has 0 aliphatic rings. The number of ketones is 1. The molecule has 0 spiro atoms. The predicted octanol–water partition coefficient (Wildman–Crippen LogP) is 9.61. The van der Waals surface area contributed by atoms with Crippen LogP contribution in [-0.2, 0) is 42.4 Å². The third-order valence-corrected chi connectivity index (χ3v) is 7.90. The minimum atomic E-state index is -0.308. The number of hydrogen-bond acceptors (Lipinski definition) is 7. The Hall–Kier alpha value is -6.34. The van der Waals surface area contributed by atoms with Crippen molar-refractivity contribution in [1.82, 2.24) is 0 Å². The fourth-order valence-electron chi connectivity index (χ4n) is 5.09. The molecule has 0 aliphatic carbocycles. The van der Waals surface area contributed by atoms with Crippen molar-refractivity contribution < 1.29 is 33.3 Å². The van der Waals surface area contributed by atoms with Gasteiger partial charge in [-0.05, 0) is 47.4 Å². The van der Waals surface area contributed by atoms with Crippen LogP contribution in [0.15, 0.2) is 158 Å². The standard InChI is InChI=1S/C23H22O4.C22H20O3/c1-25-23(24)14-20-12-13-21(26-16-18-8-4-2-5-9-18)15-22(20)27-17-19-10-6-3-7-11-19;1-17(23)21-13-12-20(24-15-18-8-4-2-5-9-18)14-22(21)25-16-19-10-6-3-7-11-19/h2-13,15H,14,16-17H2,1H3;2-14H,15-16H2,1H3. The van der Waals surface area contributed by atoms with Crippen LogP contribution in [-0.4, -0.2) is 18.9 Å². The number of carbonyl (C=O) groups is 2. The highest BCUT2D eigenvalue weighted by Crippen LogP contribution is 2.28. The number of hydrogen-bond donors (Lipinski definition) is 0. The molecule has 0 radical (unpaired) electrons. The van der Waals surface area contributed by atoms with E-state index < -0.39 is 0 Å². The van der Waals surface area contributed by atoms with E-state index in [0.717, 1.165) is 27.8 Å². The Morgan fingerprint density at radius 3 is 1.27 bits per heavy atom. The average molecular weight is 695 g/mol. The van der Waals surface area contributed by atoms with Gasteiger partial charge in [-0.1, -0.05) is 127 Å². The zero-order valence-electron chi connectivity index (χ0n) is 29.4. The molecule has 0 amide bonds. The Morgan fingerprint density at radius 1 is 0.462 bits per heavy atom. The lowest BCUT2D eigenvalue weighted by atomic mass is 10.1. The van der Waals surface area contributed by atoms with E-state index in [9.17, 15) is 9.59 Å². The summed E-state index contributed by atoms with van der Waals surface area (Å²) in [5.41, 5.74) is 5.60. The van der Waals surface area contributed by atoms with Crippen LogP contribution in [0, 0.1) is 0 Å². The number of methoxy groups -OCH3 is 1. The van der Waals surface area contributed by atoms with Gasteiger partial charge in [0.05, 0.1) is 19.1 Å². The van der Waals surface area contributed by atoms with Crippen molar-refractivity contribution in [3.05, 3.63) is 191 Å². The van der Waals surface area contributed by atoms with Crippen LogP contribution in [0.2, 0.25) is 0 Å². The molecule has 0 bridgehead atoms. The molecule has 6 aromatic rings. The number of benzene rings is 6. The zero-order valence-corrected chi connectivity index (χ0v) is 29.4. The molecule has 0 saturated heterocycles. The smallest absolute Gasteiger partial charge is 0.310 e. The second kappa shape index (κ2) is 19.7. The highest BCUT2D eigenvalue weighted by Gasteiger charge is 2.13. The van der Waals surface area contributed by atoms with Crippen molar-refractivity contribution in [2.45, 2.75) is 39.8 Å². The molecule has 0 unspecified atom stereocenters. The molecular weight excluding hydrogens is 652 g/mol. The fraction of sp³-hybridized carbons (Fsp3) is 0.156. The summed E-state index contributed by atoms with van der Waals surface area (Å²) in [4.78, 5) is 23.5. The molecule has 264 valence electrons. The summed E-state index contributed by atoms with van der Waals surface area (Å²) < 4.78 is 28.3. The van der Waals surface area contributed by atoms with Crippen molar-refractivity contribution in [1.29, 1.82) is 0 Å². The van der Waals surface area contributed by atoms with Gasteiger partial charge in [-0.3, -0.25) is 9.59 Å². The van der Waals surface area contributed by atoms with Crippen LogP contribution < -0.4 is 18.9 Å². The summed E-state index contributed by atoms with van der Waals surface area (Å²) in [5, 5.41) is 0. The Kier molecular flexibility index (Phi) is 14.0. The van der Waals surface area contributed by atoms with Gasteiger partial charge in [0.2, 0.25) is 0 Å². The minimum Gasteiger partial charge on any atom is -0.489 e. The molecule has 7 nitrogen and oxygen atoms in total. The van der Waals surface area contributed by atoms with Gasteiger partial charge in [0.1, 0.15) is 49.4 Å². The lowest BCUT2D eigenvalue weighted by Crippen LogP contribution is -2.07. The number of Topliss-reactive ketones (excluding diaryl/α,β-unsaturated/α-hetero) is 1.